The zero-order valence-electron chi connectivity index (χ0n) is 6.49. The number of nitriles is 1. The van der Waals surface area contributed by atoms with Gasteiger partial charge in [0, 0.05) is 0 Å². The molecule has 0 saturated carbocycles. The molecular formula is C8H4ClN3O. The van der Waals surface area contributed by atoms with Gasteiger partial charge in [0.05, 0.1) is 6.20 Å². The van der Waals surface area contributed by atoms with E-state index in [-0.39, 0.29) is 23.3 Å². The normalized spacial score (nSPS) is 8.54. The van der Waals surface area contributed by atoms with Crippen LogP contribution in [0.4, 0.5) is 0 Å². The van der Waals surface area contributed by atoms with Gasteiger partial charge in [-0.25, -0.2) is 4.98 Å². The third kappa shape index (κ3) is 2.33. The third-order valence-corrected chi connectivity index (χ3v) is 1.32. The first-order valence-corrected chi connectivity index (χ1v) is 3.64. The van der Waals surface area contributed by atoms with Gasteiger partial charge in [-0.2, -0.15) is 10.2 Å². The summed E-state index contributed by atoms with van der Waals surface area (Å²) >= 11 is 5.49. The van der Waals surface area contributed by atoms with Crippen molar-refractivity contribution in [2.45, 2.75) is 0 Å². The summed E-state index contributed by atoms with van der Waals surface area (Å²) in [7, 11) is 0. The van der Waals surface area contributed by atoms with Gasteiger partial charge in [-0.05, 0) is 11.6 Å². The second-order valence-corrected chi connectivity index (χ2v) is 2.30. The summed E-state index contributed by atoms with van der Waals surface area (Å²) < 4.78 is 4.96. The maximum absolute atomic E-state index is 8.60. The van der Waals surface area contributed by atoms with Crippen LogP contribution in [-0.2, 0) is 0 Å². The zero-order valence-corrected chi connectivity index (χ0v) is 7.25. The standard InChI is InChI=1S/C8H4ClN3O/c1-2-3-13-7-6(4-10)5-11-8(9)12-7/h1,5H,3H2. The summed E-state index contributed by atoms with van der Waals surface area (Å²) in [4.78, 5) is 7.31. The zero-order chi connectivity index (χ0) is 9.68. The largest absolute Gasteiger partial charge is 0.463 e. The van der Waals surface area contributed by atoms with Gasteiger partial charge in [-0.1, -0.05) is 5.92 Å². The third-order valence-electron chi connectivity index (χ3n) is 1.14. The number of aromatic nitrogens is 2. The summed E-state index contributed by atoms with van der Waals surface area (Å²) in [5.41, 5.74) is 0.208. The highest BCUT2D eigenvalue weighted by atomic mass is 35.5. The van der Waals surface area contributed by atoms with E-state index in [9.17, 15) is 0 Å². The monoisotopic (exact) mass is 193 g/mol. The van der Waals surface area contributed by atoms with Crippen LogP contribution in [0.1, 0.15) is 5.56 Å². The van der Waals surface area contributed by atoms with E-state index in [2.05, 4.69) is 15.9 Å². The van der Waals surface area contributed by atoms with Gasteiger partial charge in [0.1, 0.15) is 11.6 Å². The Morgan fingerprint density at radius 3 is 3.08 bits per heavy atom. The van der Waals surface area contributed by atoms with Crippen molar-refractivity contribution < 1.29 is 4.74 Å². The van der Waals surface area contributed by atoms with Gasteiger partial charge >= 0.3 is 0 Å². The Labute approximate surface area is 80.1 Å². The van der Waals surface area contributed by atoms with Crippen LogP contribution < -0.4 is 4.74 Å². The molecule has 4 nitrogen and oxygen atoms in total. The number of ether oxygens (including phenoxy) is 1. The Balaban J connectivity index is 2.97. The number of terminal acetylenes is 1. The molecule has 0 aromatic carbocycles. The van der Waals surface area contributed by atoms with Crippen molar-refractivity contribution in [3.63, 3.8) is 0 Å². The molecule has 1 aromatic rings. The fourth-order valence-corrected chi connectivity index (χ4v) is 0.768. The lowest BCUT2D eigenvalue weighted by Crippen LogP contribution is -1.99. The van der Waals surface area contributed by atoms with Crippen LogP contribution in [0.25, 0.3) is 0 Å². The lowest BCUT2D eigenvalue weighted by atomic mass is 10.4. The Morgan fingerprint density at radius 1 is 1.69 bits per heavy atom. The molecule has 0 N–H and O–H groups in total. The lowest BCUT2D eigenvalue weighted by Gasteiger charge is -2.01. The van der Waals surface area contributed by atoms with Gasteiger partial charge in [-0.15, -0.1) is 6.42 Å². The van der Waals surface area contributed by atoms with Crippen molar-refractivity contribution in [1.82, 2.24) is 9.97 Å². The molecule has 13 heavy (non-hydrogen) atoms. The summed E-state index contributed by atoms with van der Waals surface area (Å²) in [5.74, 6) is 2.36. The summed E-state index contributed by atoms with van der Waals surface area (Å²) in [6, 6.07) is 1.85. The lowest BCUT2D eigenvalue weighted by molar-refractivity contribution is 0.353. The number of hydrogen-bond acceptors (Lipinski definition) is 4. The first-order valence-electron chi connectivity index (χ1n) is 3.27. The van der Waals surface area contributed by atoms with E-state index in [1.54, 1.807) is 0 Å². The highest BCUT2D eigenvalue weighted by molar-refractivity contribution is 6.28. The summed E-state index contributed by atoms with van der Waals surface area (Å²) in [6.45, 7) is 0.0437. The van der Waals surface area contributed by atoms with Crippen LogP contribution in [0.5, 0.6) is 5.88 Å². The van der Waals surface area contributed by atoms with Crippen LogP contribution in [-0.4, -0.2) is 16.6 Å². The van der Waals surface area contributed by atoms with Crippen LogP contribution in [0, 0.1) is 23.7 Å². The van der Waals surface area contributed by atoms with E-state index in [0.29, 0.717) is 0 Å². The maximum Gasteiger partial charge on any atom is 0.237 e. The maximum atomic E-state index is 8.60. The SMILES string of the molecule is C#CCOc1nc(Cl)ncc1C#N. The molecule has 0 atom stereocenters. The van der Waals surface area contributed by atoms with E-state index in [0.717, 1.165) is 0 Å². The van der Waals surface area contributed by atoms with Crippen LogP contribution >= 0.6 is 11.6 Å². The number of halogens is 1. The minimum absolute atomic E-state index is 0.0195. The molecule has 0 spiro atoms. The average Bonchev–Trinajstić information content (AvgIpc) is 2.15. The van der Waals surface area contributed by atoms with Crippen molar-refractivity contribution in [2.75, 3.05) is 6.61 Å². The number of nitrogens with zero attached hydrogens (tertiary/aromatic N) is 3. The second kappa shape index (κ2) is 4.30. The van der Waals surface area contributed by atoms with Crippen molar-refractivity contribution in [1.29, 1.82) is 5.26 Å². The molecule has 0 radical (unpaired) electrons. The molecule has 64 valence electrons. The topological polar surface area (TPSA) is 58.8 Å². The van der Waals surface area contributed by atoms with Gasteiger partial charge < -0.3 is 4.74 Å². The molecule has 0 unspecified atom stereocenters. The molecular weight excluding hydrogens is 190 g/mol. The smallest absolute Gasteiger partial charge is 0.237 e. The van der Waals surface area contributed by atoms with E-state index >= 15 is 0 Å². The minimum atomic E-state index is 0.0195. The molecule has 5 heteroatoms. The first kappa shape index (κ1) is 9.31. The second-order valence-electron chi connectivity index (χ2n) is 1.96. The molecule has 0 aliphatic heterocycles. The highest BCUT2D eigenvalue weighted by Crippen LogP contribution is 2.14. The highest BCUT2D eigenvalue weighted by Gasteiger charge is 2.05. The van der Waals surface area contributed by atoms with Crippen LogP contribution in [0.15, 0.2) is 6.20 Å². The molecule has 1 heterocycles. The number of hydrogen-bond donors (Lipinski definition) is 0. The fraction of sp³-hybridized carbons (Fsp3) is 0.125. The van der Waals surface area contributed by atoms with Gasteiger partial charge in [0.2, 0.25) is 11.2 Å². The number of rotatable bonds is 2. The Morgan fingerprint density at radius 2 is 2.46 bits per heavy atom. The van der Waals surface area contributed by atoms with E-state index in [4.69, 9.17) is 28.0 Å². The van der Waals surface area contributed by atoms with E-state index in [1.807, 2.05) is 6.07 Å². The van der Waals surface area contributed by atoms with Gasteiger partial charge in [0.15, 0.2) is 6.61 Å². The molecule has 0 aliphatic carbocycles. The fourth-order valence-electron chi connectivity index (χ4n) is 0.643. The van der Waals surface area contributed by atoms with E-state index < -0.39 is 0 Å². The predicted octanol–water partition coefficient (Wildman–Crippen LogP) is 1.01. The Hall–Kier alpha value is -1.78. The van der Waals surface area contributed by atoms with Crippen molar-refractivity contribution in [3.8, 4) is 24.3 Å². The van der Waals surface area contributed by atoms with Gasteiger partial charge in [0.25, 0.3) is 0 Å². The molecule has 0 amide bonds. The summed E-state index contributed by atoms with van der Waals surface area (Å²) in [5, 5.41) is 8.62. The predicted molar refractivity (Wildman–Crippen MR) is 46.1 cm³/mol. The van der Waals surface area contributed by atoms with Crippen molar-refractivity contribution >= 4 is 11.6 Å². The van der Waals surface area contributed by atoms with E-state index in [1.165, 1.54) is 6.20 Å². The summed E-state index contributed by atoms with van der Waals surface area (Å²) in [6.07, 6.45) is 6.25. The molecule has 0 saturated heterocycles. The first-order chi connectivity index (χ1) is 6.27. The molecule has 1 rings (SSSR count). The van der Waals surface area contributed by atoms with Crippen LogP contribution in [0.3, 0.4) is 0 Å². The molecule has 0 fully saturated rings. The van der Waals surface area contributed by atoms with Crippen molar-refractivity contribution in [2.24, 2.45) is 0 Å². The molecule has 0 bridgehead atoms. The Kier molecular flexibility index (Phi) is 3.08. The quantitative estimate of drug-likeness (QED) is 0.520. The molecule has 1 aromatic heterocycles. The van der Waals surface area contributed by atoms with Crippen LogP contribution in [0.2, 0.25) is 5.28 Å². The minimum Gasteiger partial charge on any atom is -0.463 e. The Bertz CT molecular complexity index is 391. The molecule has 0 aliphatic rings. The van der Waals surface area contributed by atoms with Crippen molar-refractivity contribution in [3.05, 3.63) is 17.0 Å². The average molecular weight is 194 g/mol. The van der Waals surface area contributed by atoms with Gasteiger partial charge in [-0.3, -0.25) is 0 Å².